The summed E-state index contributed by atoms with van der Waals surface area (Å²) in [5, 5.41) is 0. The van der Waals surface area contributed by atoms with E-state index in [1.807, 2.05) is 0 Å². The van der Waals surface area contributed by atoms with Crippen LogP contribution < -0.4 is 0 Å². The Morgan fingerprint density at radius 3 is 1.71 bits per heavy atom. The molecule has 116 valence electrons. The highest BCUT2D eigenvalue weighted by Gasteiger charge is 2.12. The molecule has 24 heavy (non-hydrogen) atoms. The molecule has 4 nitrogen and oxygen atoms in total. The molecule has 8 bridgehead atoms. The van der Waals surface area contributed by atoms with Crippen LogP contribution in [0.4, 0.5) is 0 Å². The minimum atomic E-state index is 0.758. The van der Waals surface area contributed by atoms with E-state index in [1.165, 1.54) is 11.4 Å². The van der Waals surface area contributed by atoms with Crippen molar-refractivity contribution < 1.29 is 0 Å². The van der Waals surface area contributed by atoms with Crippen LogP contribution in [0.1, 0.15) is 29.2 Å². The van der Waals surface area contributed by atoms with E-state index < -0.39 is 0 Å². The van der Waals surface area contributed by atoms with Gasteiger partial charge in [-0.05, 0) is 60.7 Å². The number of rotatable bonds is 0. The van der Waals surface area contributed by atoms with Gasteiger partial charge in [0.25, 0.3) is 0 Å². The molecule has 5 rings (SSSR count). The Kier molecular flexibility index (Phi) is 2.88. The van der Waals surface area contributed by atoms with Gasteiger partial charge in [-0.15, -0.1) is 0 Å². The lowest BCUT2D eigenvalue weighted by molar-refractivity contribution is 1.05. The minimum Gasteiger partial charge on any atom is -0.359 e. The highest BCUT2D eigenvalue weighted by Crippen LogP contribution is 2.21. The van der Waals surface area contributed by atoms with Crippen LogP contribution in [0.2, 0.25) is 0 Å². The van der Waals surface area contributed by atoms with Gasteiger partial charge >= 0.3 is 0 Å². The number of nitrogens with one attached hydrogen (secondary N) is 2. The fourth-order valence-corrected chi connectivity index (χ4v) is 3.20. The standard InChI is InChI=1S/C20H16N4/c1-2-14-10-16-5-6-18(23-16)12-20-8-7-19(24-20)11-17-4-3-15(22-17)9-13(1)21-14/h1-9,12,21,23H,10-11H2/b15-9-,20-12-. The van der Waals surface area contributed by atoms with Gasteiger partial charge in [0.15, 0.2) is 0 Å². The molecule has 0 unspecified atom stereocenters. The zero-order chi connectivity index (χ0) is 15.9. The number of aliphatic imine (C=N–C) groups is 2. The van der Waals surface area contributed by atoms with Gasteiger partial charge < -0.3 is 9.97 Å². The largest absolute Gasteiger partial charge is 0.359 e. The summed E-state index contributed by atoms with van der Waals surface area (Å²) in [6.45, 7) is 0. The SMILES string of the molecule is C1=C/C2=C/c3ccc([nH]3)Cc3ccc([nH]3)/C=C3/C=CC(=N3)CC1=N2. The van der Waals surface area contributed by atoms with Crippen LogP contribution in [0.15, 0.2) is 69.9 Å². The van der Waals surface area contributed by atoms with Crippen molar-refractivity contribution in [3.63, 3.8) is 0 Å². The van der Waals surface area contributed by atoms with Gasteiger partial charge in [0, 0.05) is 47.0 Å². The third kappa shape index (κ3) is 2.52. The molecule has 2 aromatic rings. The Balaban J connectivity index is 1.60. The van der Waals surface area contributed by atoms with Crippen LogP contribution in [-0.4, -0.2) is 21.4 Å². The number of aromatic nitrogens is 2. The number of fused-ring (bicyclic) bond motifs is 6. The predicted octanol–water partition coefficient (Wildman–Crippen LogP) is 4.04. The summed E-state index contributed by atoms with van der Waals surface area (Å²) in [7, 11) is 0. The van der Waals surface area contributed by atoms with E-state index in [1.54, 1.807) is 0 Å². The fraction of sp³-hybridized carbons (Fsp3) is 0.100. The summed E-state index contributed by atoms with van der Waals surface area (Å²) in [6.07, 6.45) is 14.0. The molecule has 0 radical (unpaired) electrons. The maximum atomic E-state index is 4.69. The number of hydrogen-bond donors (Lipinski definition) is 2. The Labute approximate surface area is 139 Å². The lowest BCUT2D eigenvalue weighted by Crippen LogP contribution is -1.99. The first-order valence-corrected chi connectivity index (χ1v) is 8.11. The van der Waals surface area contributed by atoms with Gasteiger partial charge in [0.05, 0.1) is 11.4 Å². The minimum absolute atomic E-state index is 0.758. The summed E-state index contributed by atoms with van der Waals surface area (Å²) in [4.78, 5) is 16.3. The second kappa shape index (κ2) is 5.20. The van der Waals surface area contributed by atoms with Gasteiger partial charge in [-0.25, -0.2) is 0 Å². The molecule has 2 N–H and O–H groups in total. The monoisotopic (exact) mass is 312 g/mol. The maximum Gasteiger partial charge on any atom is 0.0654 e. The molecule has 0 spiro atoms. The third-order valence-corrected chi connectivity index (χ3v) is 4.33. The van der Waals surface area contributed by atoms with E-state index in [-0.39, 0.29) is 0 Å². The summed E-state index contributed by atoms with van der Waals surface area (Å²) in [6, 6.07) is 8.45. The number of allylic oxidation sites excluding steroid dienone is 4. The Bertz CT molecular complexity index is 922. The van der Waals surface area contributed by atoms with Crippen molar-refractivity contribution in [2.24, 2.45) is 9.98 Å². The summed E-state index contributed by atoms with van der Waals surface area (Å²) < 4.78 is 0. The van der Waals surface area contributed by atoms with E-state index >= 15 is 0 Å². The van der Waals surface area contributed by atoms with Crippen molar-refractivity contribution in [1.29, 1.82) is 0 Å². The van der Waals surface area contributed by atoms with E-state index in [4.69, 9.17) is 0 Å². The first-order chi connectivity index (χ1) is 11.8. The van der Waals surface area contributed by atoms with Crippen LogP contribution in [0, 0.1) is 0 Å². The van der Waals surface area contributed by atoms with E-state index in [0.717, 1.165) is 47.0 Å². The average Bonchev–Trinajstić information content (AvgIpc) is 3.32. The van der Waals surface area contributed by atoms with Gasteiger partial charge in [-0.2, -0.15) is 0 Å². The Morgan fingerprint density at radius 1 is 0.625 bits per heavy atom. The summed E-state index contributed by atoms with van der Waals surface area (Å²) in [5.74, 6) is 0. The van der Waals surface area contributed by atoms with Gasteiger partial charge in [0.2, 0.25) is 0 Å². The zero-order valence-electron chi connectivity index (χ0n) is 13.1. The second-order valence-electron chi connectivity index (χ2n) is 6.24. The summed E-state index contributed by atoms with van der Waals surface area (Å²) >= 11 is 0. The van der Waals surface area contributed by atoms with Crippen molar-refractivity contribution in [3.05, 3.63) is 82.7 Å². The zero-order valence-corrected chi connectivity index (χ0v) is 13.1. The summed E-state index contributed by atoms with van der Waals surface area (Å²) in [5.41, 5.74) is 8.57. The van der Waals surface area contributed by atoms with Crippen molar-refractivity contribution in [2.75, 3.05) is 0 Å². The molecule has 0 atom stereocenters. The molecule has 0 saturated carbocycles. The molecule has 0 aromatic carbocycles. The molecule has 0 aliphatic carbocycles. The van der Waals surface area contributed by atoms with Crippen molar-refractivity contribution in [3.8, 4) is 0 Å². The number of aromatic amines is 2. The number of hydrogen-bond acceptors (Lipinski definition) is 2. The maximum absolute atomic E-state index is 4.69. The quantitative estimate of drug-likeness (QED) is 0.738. The topological polar surface area (TPSA) is 56.3 Å². The lowest BCUT2D eigenvalue weighted by Gasteiger charge is -1.98. The third-order valence-electron chi connectivity index (χ3n) is 4.33. The van der Waals surface area contributed by atoms with Gasteiger partial charge in [0.1, 0.15) is 0 Å². The fourth-order valence-electron chi connectivity index (χ4n) is 3.20. The van der Waals surface area contributed by atoms with E-state index in [2.05, 4.69) is 80.7 Å². The first-order valence-electron chi connectivity index (χ1n) is 8.11. The number of nitrogens with zero attached hydrogens (tertiary/aromatic N) is 2. The molecular formula is C20H16N4. The van der Waals surface area contributed by atoms with Gasteiger partial charge in [-0.1, -0.05) is 0 Å². The average molecular weight is 312 g/mol. The first kappa shape index (κ1) is 13.3. The Hall–Kier alpha value is -3.14. The van der Waals surface area contributed by atoms with E-state index in [0.29, 0.717) is 0 Å². The van der Waals surface area contributed by atoms with Crippen molar-refractivity contribution >= 4 is 23.6 Å². The highest BCUT2D eigenvalue weighted by molar-refractivity contribution is 6.16. The smallest absolute Gasteiger partial charge is 0.0654 e. The van der Waals surface area contributed by atoms with Crippen LogP contribution in [0.5, 0.6) is 0 Å². The van der Waals surface area contributed by atoms with Crippen LogP contribution in [0.25, 0.3) is 12.2 Å². The molecule has 0 fully saturated rings. The van der Waals surface area contributed by atoms with Crippen LogP contribution >= 0.6 is 0 Å². The second-order valence-corrected chi connectivity index (χ2v) is 6.24. The lowest BCUT2D eigenvalue weighted by atomic mass is 10.2. The van der Waals surface area contributed by atoms with Crippen LogP contribution in [0.3, 0.4) is 0 Å². The highest BCUT2D eigenvalue weighted by atomic mass is 14.8. The Morgan fingerprint density at radius 2 is 1.17 bits per heavy atom. The molecule has 5 heterocycles. The van der Waals surface area contributed by atoms with Crippen molar-refractivity contribution in [1.82, 2.24) is 9.97 Å². The van der Waals surface area contributed by atoms with E-state index in [9.17, 15) is 0 Å². The van der Waals surface area contributed by atoms with Crippen molar-refractivity contribution in [2.45, 2.75) is 12.8 Å². The van der Waals surface area contributed by atoms with Crippen LogP contribution in [-0.2, 0) is 6.42 Å². The molecule has 2 aromatic heterocycles. The number of H-pyrrole nitrogens is 2. The normalized spacial score (nSPS) is 22.7. The molecular weight excluding hydrogens is 296 g/mol. The molecule has 0 amide bonds. The molecule has 3 aliphatic rings. The van der Waals surface area contributed by atoms with Gasteiger partial charge in [-0.3, -0.25) is 9.98 Å². The predicted molar refractivity (Wildman–Crippen MR) is 98.1 cm³/mol. The molecule has 0 saturated heterocycles. The molecule has 3 aliphatic heterocycles. The molecule has 4 heteroatoms.